The first-order valence-electron chi connectivity index (χ1n) is 7.15. The maximum atomic E-state index is 11.8. The molecule has 2 aromatic rings. The van der Waals surface area contributed by atoms with E-state index in [1.807, 2.05) is 0 Å². The zero-order valence-corrected chi connectivity index (χ0v) is 13.4. The molecule has 0 amide bonds. The Balaban J connectivity index is 2.11. The van der Waals surface area contributed by atoms with Crippen LogP contribution in [0.25, 0.3) is 0 Å². The van der Waals surface area contributed by atoms with Crippen molar-refractivity contribution in [2.45, 2.75) is 12.8 Å². The van der Waals surface area contributed by atoms with Crippen molar-refractivity contribution in [3.63, 3.8) is 0 Å². The Kier molecular flexibility index (Phi) is 4.15. The van der Waals surface area contributed by atoms with E-state index in [0.29, 0.717) is 10.7 Å². The van der Waals surface area contributed by atoms with Crippen LogP contribution in [-0.4, -0.2) is 17.6 Å². The second-order valence-corrected chi connectivity index (χ2v) is 5.44. The molecule has 7 nitrogen and oxygen atoms in total. The van der Waals surface area contributed by atoms with Crippen LogP contribution in [0.1, 0.15) is 34.8 Å². The maximum Gasteiger partial charge on any atom is 0.394 e. The molecule has 1 aromatic heterocycles. The lowest BCUT2D eigenvalue weighted by molar-refractivity contribution is 0.0482. The van der Waals surface area contributed by atoms with Crippen LogP contribution in [0.2, 0.25) is 5.02 Å². The summed E-state index contributed by atoms with van der Waals surface area (Å²) in [5.41, 5.74) is 7.36. The highest BCUT2D eigenvalue weighted by Crippen LogP contribution is 2.40. The summed E-state index contributed by atoms with van der Waals surface area (Å²) in [7, 11) is 0. The van der Waals surface area contributed by atoms with Crippen molar-refractivity contribution < 1.29 is 13.9 Å². The van der Waals surface area contributed by atoms with Crippen molar-refractivity contribution in [1.82, 2.24) is 4.98 Å². The first-order chi connectivity index (χ1) is 11.5. The van der Waals surface area contributed by atoms with E-state index in [1.54, 1.807) is 31.2 Å². The van der Waals surface area contributed by atoms with E-state index in [4.69, 9.17) is 26.5 Å². The normalized spacial score (nSPS) is 16.1. The third kappa shape index (κ3) is 2.68. The minimum Gasteiger partial charge on any atom is -0.459 e. The van der Waals surface area contributed by atoms with Gasteiger partial charge in [-0.05, 0) is 24.6 Å². The SMILES string of the molecule is CCOC(=O)c1nc2c(o1)NC(N)=C(C#N)C2c1ccc(Cl)cc1. The number of nitrogens with one attached hydrogen (secondary N) is 1. The highest BCUT2D eigenvalue weighted by molar-refractivity contribution is 6.30. The minimum absolute atomic E-state index is 0.150. The zero-order chi connectivity index (χ0) is 17.3. The van der Waals surface area contributed by atoms with E-state index >= 15 is 0 Å². The fourth-order valence-corrected chi connectivity index (χ4v) is 2.61. The van der Waals surface area contributed by atoms with Crippen LogP contribution in [0.5, 0.6) is 0 Å². The number of fused-ring (bicyclic) bond motifs is 1. The van der Waals surface area contributed by atoms with Crippen LogP contribution in [0, 0.1) is 11.3 Å². The Labute approximate surface area is 142 Å². The molecule has 0 aliphatic carbocycles. The van der Waals surface area contributed by atoms with Gasteiger partial charge in [0.15, 0.2) is 0 Å². The van der Waals surface area contributed by atoms with Gasteiger partial charge in [-0.2, -0.15) is 5.26 Å². The first-order valence-corrected chi connectivity index (χ1v) is 7.53. The van der Waals surface area contributed by atoms with Gasteiger partial charge in [0.1, 0.15) is 11.5 Å². The zero-order valence-electron chi connectivity index (χ0n) is 12.7. The van der Waals surface area contributed by atoms with E-state index < -0.39 is 11.9 Å². The van der Waals surface area contributed by atoms with Gasteiger partial charge in [-0.15, -0.1) is 0 Å². The van der Waals surface area contributed by atoms with Gasteiger partial charge in [0.2, 0.25) is 5.88 Å². The molecule has 2 heterocycles. The van der Waals surface area contributed by atoms with Crippen LogP contribution in [-0.2, 0) is 4.74 Å². The average molecular weight is 345 g/mol. The summed E-state index contributed by atoms with van der Waals surface area (Å²) < 4.78 is 10.3. The van der Waals surface area contributed by atoms with Gasteiger partial charge in [-0.25, -0.2) is 9.78 Å². The Morgan fingerprint density at radius 2 is 2.21 bits per heavy atom. The summed E-state index contributed by atoms with van der Waals surface area (Å²) in [6.07, 6.45) is 0. The van der Waals surface area contributed by atoms with Crippen molar-refractivity contribution in [2.24, 2.45) is 5.73 Å². The third-order valence-electron chi connectivity index (χ3n) is 3.53. The van der Waals surface area contributed by atoms with Gasteiger partial charge in [0.05, 0.1) is 24.2 Å². The molecule has 8 heteroatoms. The molecule has 0 bridgehead atoms. The van der Waals surface area contributed by atoms with Crippen molar-refractivity contribution >= 4 is 23.5 Å². The number of nitrogens with two attached hydrogens (primary N) is 1. The highest BCUT2D eigenvalue weighted by Gasteiger charge is 2.35. The van der Waals surface area contributed by atoms with Gasteiger partial charge < -0.3 is 20.2 Å². The lowest BCUT2D eigenvalue weighted by Crippen LogP contribution is -2.22. The quantitative estimate of drug-likeness (QED) is 0.822. The number of hydrogen-bond acceptors (Lipinski definition) is 7. The molecule has 1 aliphatic heterocycles. The third-order valence-corrected chi connectivity index (χ3v) is 3.78. The number of nitriles is 1. The van der Waals surface area contributed by atoms with E-state index in [-0.39, 0.29) is 29.8 Å². The molecule has 0 radical (unpaired) electrons. The number of nitrogens with zero attached hydrogens (tertiary/aromatic N) is 2. The molecule has 0 saturated carbocycles. The van der Waals surface area contributed by atoms with Crippen LogP contribution in [0.3, 0.4) is 0 Å². The number of halogens is 1. The minimum atomic E-state index is -0.680. The van der Waals surface area contributed by atoms with Crippen molar-refractivity contribution in [1.29, 1.82) is 5.26 Å². The average Bonchev–Trinajstić information content (AvgIpc) is 2.98. The predicted molar refractivity (Wildman–Crippen MR) is 86.2 cm³/mol. The van der Waals surface area contributed by atoms with Gasteiger partial charge in [0, 0.05) is 5.02 Å². The Bertz CT molecular complexity index is 864. The summed E-state index contributed by atoms with van der Waals surface area (Å²) in [4.78, 5) is 16.1. The molecule has 0 spiro atoms. The number of ether oxygens (including phenoxy) is 1. The van der Waals surface area contributed by atoms with Crippen molar-refractivity contribution in [3.05, 3.63) is 57.8 Å². The molecule has 1 unspecified atom stereocenters. The monoisotopic (exact) mass is 344 g/mol. The van der Waals surface area contributed by atoms with E-state index in [0.717, 1.165) is 5.56 Å². The molecular weight excluding hydrogens is 332 g/mol. The molecule has 0 fully saturated rings. The number of carbonyl (C=O) groups excluding carboxylic acids is 1. The van der Waals surface area contributed by atoms with Crippen LogP contribution >= 0.6 is 11.6 Å². The Hall–Kier alpha value is -2.98. The number of rotatable bonds is 3. The molecule has 122 valence electrons. The number of esters is 1. The fourth-order valence-electron chi connectivity index (χ4n) is 2.48. The molecule has 1 aromatic carbocycles. The summed E-state index contributed by atoms with van der Waals surface area (Å²) in [6, 6.07) is 9.03. The highest BCUT2D eigenvalue weighted by atomic mass is 35.5. The summed E-state index contributed by atoms with van der Waals surface area (Å²) in [6.45, 7) is 1.88. The lowest BCUT2D eigenvalue weighted by Gasteiger charge is -2.22. The summed E-state index contributed by atoms with van der Waals surface area (Å²) in [5, 5.41) is 12.8. The Morgan fingerprint density at radius 3 is 2.83 bits per heavy atom. The number of carbonyl (C=O) groups is 1. The van der Waals surface area contributed by atoms with E-state index in [9.17, 15) is 10.1 Å². The van der Waals surface area contributed by atoms with Crippen LogP contribution in [0.15, 0.2) is 40.1 Å². The fraction of sp³-hybridized carbons (Fsp3) is 0.188. The molecule has 24 heavy (non-hydrogen) atoms. The van der Waals surface area contributed by atoms with E-state index in [2.05, 4.69) is 16.4 Å². The number of anilines is 1. The molecule has 1 aliphatic rings. The van der Waals surface area contributed by atoms with Gasteiger partial charge >= 0.3 is 11.9 Å². The Morgan fingerprint density at radius 1 is 1.50 bits per heavy atom. The second-order valence-electron chi connectivity index (χ2n) is 5.00. The number of benzene rings is 1. The van der Waals surface area contributed by atoms with Gasteiger partial charge in [-0.1, -0.05) is 23.7 Å². The van der Waals surface area contributed by atoms with Crippen LogP contribution in [0.4, 0.5) is 5.88 Å². The number of allylic oxidation sites excluding steroid dienone is 1. The maximum absolute atomic E-state index is 11.8. The van der Waals surface area contributed by atoms with Crippen LogP contribution < -0.4 is 11.1 Å². The van der Waals surface area contributed by atoms with Crippen molar-refractivity contribution in [3.8, 4) is 6.07 Å². The summed E-state index contributed by atoms with van der Waals surface area (Å²) in [5.74, 6) is -1.07. The molecule has 3 rings (SSSR count). The number of hydrogen-bond donors (Lipinski definition) is 2. The molecule has 0 saturated heterocycles. The van der Waals surface area contributed by atoms with Gasteiger partial charge in [0.25, 0.3) is 0 Å². The topological polar surface area (TPSA) is 114 Å². The van der Waals surface area contributed by atoms with E-state index in [1.165, 1.54) is 0 Å². The number of oxazole rings is 1. The van der Waals surface area contributed by atoms with Gasteiger partial charge in [-0.3, -0.25) is 0 Å². The summed E-state index contributed by atoms with van der Waals surface area (Å²) >= 11 is 5.92. The standard InChI is InChI=1S/C16H13ClN4O3/c1-2-23-16(22)15-20-12-11(8-3-5-9(17)6-4-8)10(7-18)13(19)21-14(12)24-15/h3-6,11,21H,2,19H2,1H3. The molecule has 1 atom stereocenters. The molecule has 3 N–H and O–H groups in total. The number of aromatic nitrogens is 1. The predicted octanol–water partition coefficient (Wildman–Crippen LogP) is 2.76. The molecular formula is C16H13ClN4O3. The largest absolute Gasteiger partial charge is 0.459 e. The van der Waals surface area contributed by atoms with Crippen molar-refractivity contribution in [2.75, 3.05) is 11.9 Å². The second kappa shape index (κ2) is 6.26. The first kappa shape index (κ1) is 15.9. The lowest BCUT2D eigenvalue weighted by atomic mass is 9.87. The smallest absolute Gasteiger partial charge is 0.394 e.